The van der Waals surface area contributed by atoms with Crippen molar-refractivity contribution < 1.29 is 14.0 Å². The first-order valence-corrected chi connectivity index (χ1v) is 13.4. The largest absolute Gasteiger partial charge is 0.342 e. The molecule has 1 aliphatic carbocycles. The quantitative estimate of drug-likeness (QED) is 0.418. The standard InChI is InChI=1S/C22H23FN2O.C9H15NO/c1-14(25-22(3,4)15(2)26)19-10-9-17(12-20(19)23)18-8-7-16-6-5-11-24-21(16)13-18;1-2-7-5-10(6-7)9(11)8-3-4-8/h7-13H,5-6H2,1-4H3;7-8H,2-6H2,1H3. The van der Waals surface area contributed by atoms with E-state index in [-0.39, 0.29) is 11.6 Å². The molecule has 2 aromatic rings. The molecule has 1 saturated heterocycles. The van der Waals surface area contributed by atoms with Crippen LogP contribution in [0.2, 0.25) is 0 Å². The summed E-state index contributed by atoms with van der Waals surface area (Å²) in [5, 5.41) is 0. The number of carbonyl (C=O) groups excluding carboxylic acids is 2. The van der Waals surface area contributed by atoms with E-state index < -0.39 is 5.54 Å². The number of hydrogen-bond acceptors (Lipinski definition) is 4. The van der Waals surface area contributed by atoms with E-state index >= 15 is 0 Å². The minimum absolute atomic E-state index is 0.0523. The van der Waals surface area contributed by atoms with E-state index in [1.807, 2.05) is 29.3 Å². The van der Waals surface area contributed by atoms with Crippen molar-refractivity contribution in [2.45, 2.75) is 72.3 Å². The molecule has 0 spiro atoms. The summed E-state index contributed by atoms with van der Waals surface area (Å²) >= 11 is 0. The van der Waals surface area contributed by atoms with Gasteiger partial charge in [0.05, 0.1) is 5.69 Å². The normalized spacial score (nSPS) is 17.5. The van der Waals surface area contributed by atoms with Crippen LogP contribution < -0.4 is 0 Å². The van der Waals surface area contributed by atoms with Gasteiger partial charge in [0.2, 0.25) is 5.91 Å². The van der Waals surface area contributed by atoms with E-state index in [2.05, 4.69) is 23.0 Å². The van der Waals surface area contributed by atoms with Crippen LogP contribution >= 0.6 is 0 Å². The molecule has 6 heteroatoms. The number of rotatable bonds is 6. The van der Waals surface area contributed by atoms with Gasteiger partial charge in [-0.25, -0.2) is 4.39 Å². The van der Waals surface area contributed by atoms with Crippen LogP contribution in [0.1, 0.15) is 71.4 Å². The third-order valence-electron chi connectivity index (χ3n) is 7.63. The first-order chi connectivity index (χ1) is 17.6. The summed E-state index contributed by atoms with van der Waals surface area (Å²) in [6.45, 7) is 11.0. The van der Waals surface area contributed by atoms with Crippen LogP contribution in [0.5, 0.6) is 0 Å². The molecule has 37 heavy (non-hydrogen) atoms. The van der Waals surface area contributed by atoms with E-state index in [0.29, 0.717) is 23.1 Å². The fraction of sp³-hybridized carbons (Fsp3) is 0.484. The summed E-state index contributed by atoms with van der Waals surface area (Å²) in [4.78, 5) is 33.9. The molecule has 0 bridgehead atoms. The van der Waals surface area contributed by atoms with Gasteiger partial charge in [0.15, 0.2) is 5.78 Å². The number of amides is 1. The number of Topliss-reactive ketones (excluding diaryl/α,β-unsaturated/α-hetero) is 1. The van der Waals surface area contributed by atoms with E-state index in [4.69, 9.17) is 0 Å². The number of aliphatic imine (C=N–C) groups is 2. The van der Waals surface area contributed by atoms with Gasteiger partial charge >= 0.3 is 0 Å². The molecular formula is C31H38FN3O2. The monoisotopic (exact) mass is 503 g/mol. The molecule has 0 aromatic heterocycles. The minimum atomic E-state index is -0.855. The molecule has 2 heterocycles. The molecule has 2 fully saturated rings. The summed E-state index contributed by atoms with van der Waals surface area (Å²) in [6.07, 6.45) is 7.40. The molecule has 5 nitrogen and oxygen atoms in total. The maximum absolute atomic E-state index is 14.7. The van der Waals surface area contributed by atoms with Crippen LogP contribution in [0.4, 0.5) is 10.1 Å². The van der Waals surface area contributed by atoms with Crippen LogP contribution in [-0.2, 0) is 16.0 Å². The third kappa shape index (κ3) is 6.41. The second-order valence-corrected chi connectivity index (χ2v) is 11.0. The summed E-state index contributed by atoms with van der Waals surface area (Å²) in [7, 11) is 0. The van der Waals surface area contributed by atoms with Crippen LogP contribution in [0.3, 0.4) is 0 Å². The van der Waals surface area contributed by atoms with Gasteiger partial charge in [0, 0.05) is 36.5 Å². The average molecular weight is 504 g/mol. The van der Waals surface area contributed by atoms with E-state index in [9.17, 15) is 14.0 Å². The molecule has 0 atom stereocenters. The summed E-state index contributed by atoms with van der Waals surface area (Å²) in [5.41, 5.74) is 4.00. The first kappa shape index (κ1) is 26.9. The van der Waals surface area contributed by atoms with Crippen molar-refractivity contribution in [3.8, 4) is 11.1 Å². The lowest BCUT2D eigenvalue weighted by atomic mass is 9.97. The maximum atomic E-state index is 14.7. The average Bonchev–Trinajstić information content (AvgIpc) is 3.68. The molecular weight excluding hydrogens is 465 g/mol. The smallest absolute Gasteiger partial charge is 0.225 e. The zero-order valence-electron chi connectivity index (χ0n) is 22.7. The number of benzene rings is 2. The maximum Gasteiger partial charge on any atom is 0.225 e. The van der Waals surface area contributed by atoms with Crippen molar-refractivity contribution >= 4 is 29.3 Å². The summed E-state index contributed by atoms with van der Waals surface area (Å²) in [5.74, 6) is 1.26. The van der Waals surface area contributed by atoms with Crippen LogP contribution in [0, 0.1) is 17.7 Å². The molecule has 2 aromatic carbocycles. The highest BCUT2D eigenvalue weighted by Crippen LogP contribution is 2.34. The zero-order valence-corrected chi connectivity index (χ0v) is 22.7. The number of halogens is 1. The van der Waals surface area contributed by atoms with Crippen LogP contribution in [0.15, 0.2) is 46.4 Å². The summed E-state index contributed by atoms with van der Waals surface area (Å²) < 4.78 is 14.7. The second kappa shape index (κ2) is 11.1. The Morgan fingerprint density at radius 3 is 2.38 bits per heavy atom. The van der Waals surface area contributed by atoms with E-state index in [0.717, 1.165) is 61.5 Å². The SMILES string of the molecule is CC(=O)C(C)(C)N=C(C)c1ccc(-c2ccc3c(c2)N=CCC3)cc1F.CCC1CN(C(=O)C2CC2)C1. The van der Waals surface area contributed by atoms with Crippen molar-refractivity contribution in [3.63, 3.8) is 0 Å². The lowest BCUT2D eigenvalue weighted by Gasteiger charge is -2.39. The van der Waals surface area contributed by atoms with Gasteiger partial charge in [-0.15, -0.1) is 0 Å². The highest BCUT2D eigenvalue weighted by atomic mass is 19.1. The van der Waals surface area contributed by atoms with Gasteiger partial charge < -0.3 is 4.90 Å². The fourth-order valence-corrected chi connectivity index (χ4v) is 4.60. The van der Waals surface area contributed by atoms with Crippen molar-refractivity contribution in [1.82, 2.24) is 4.90 Å². The van der Waals surface area contributed by atoms with Crippen molar-refractivity contribution in [1.29, 1.82) is 0 Å². The molecule has 2 aliphatic heterocycles. The molecule has 3 aliphatic rings. The Bertz CT molecular complexity index is 1240. The Labute approximate surface area is 219 Å². The van der Waals surface area contributed by atoms with Crippen molar-refractivity contribution in [2.24, 2.45) is 21.8 Å². The Kier molecular flexibility index (Phi) is 8.05. The van der Waals surface area contributed by atoms with Gasteiger partial charge in [-0.3, -0.25) is 19.6 Å². The highest BCUT2D eigenvalue weighted by Gasteiger charge is 2.38. The van der Waals surface area contributed by atoms with E-state index in [1.165, 1.54) is 25.0 Å². The Morgan fingerprint density at radius 1 is 1.08 bits per heavy atom. The van der Waals surface area contributed by atoms with Gasteiger partial charge in [0.1, 0.15) is 11.4 Å². The number of aryl methyl sites for hydroxylation is 1. The number of carbonyl (C=O) groups is 2. The molecule has 0 unspecified atom stereocenters. The third-order valence-corrected chi connectivity index (χ3v) is 7.63. The van der Waals surface area contributed by atoms with Gasteiger partial charge in [0.25, 0.3) is 0 Å². The predicted molar refractivity (Wildman–Crippen MR) is 148 cm³/mol. The summed E-state index contributed by atoms with van der Waals surface area (Å²) in [6, 6.07) is 11.2. The predicted octanol–water partition coefficient (Wildman–Crippen LogP) is 6.58. The Hall–Kier alpha value is -3.15. The molecule has 1 saturated carbocycles. The lowest BCUT2D eigenvalue weighted by Crippen LogP contribution is -2.50. The number of fused-ring (bicyclic) bond motifs is 1. The second-order valence-electron chi connectivity index (χ2n) is 11.0. The van der Waals surface area contributed by atoms with Crippen molar-refractivity contribution in [3.05, 3.63) is 53.3 Å². The lowest BCUT2D eigenvalue weighted by molar-refractivity contribution is -0.138. The Morgan fingerprint density at radius 2 is 1.76 bits per heavy atom. The topological polar surface area (TPSA) is 62.1 Å². The van der Waals surface area contributed by atoms with Gasteiger partial charge in [-0.05, 0) is 101 Å². The first-order valence-electron chi connectivity index (χ1n) is 13.4. The fourth-order valence-electron chi connectivity index (χ4n) is 4.60. The van der Waals surface area contributed by atoms with Crippen LogP contribution in [-0.4, -0.2) is 47.1 Å². The number of ketones is 1. The number of hydrogen-bond donors (Lipinski definition) is 0. The molecule has 0 radical (unpaired) electrons. The van der Waals surface area contributed by atoms with Gasteiger partial charge in [-0.1, -0.05) is 25.1 Å². The van der Waals surface area contributed by atoms with E-state index in [1.54, 1.807) is 26.8 Å². The van der Waals surface area contributed by atoms with Gasteiger partial charge in [-0.2, -0.15) is 0 Å². The molecule has 0 N–H and O–H groups in total. The minimum Gasteiger partial charge on any atom is -0.342 e. The number of nitrogens with zero attached hydrogens (tertiary/aromatic N) is 3. The van der Waals surface area contributed by atoms with Crippen LogP contribution in [0.25, 0.3) is 11.1 Å². The number of likely N-dealkylation sites (tertiary alicyclic amines) is 1. The molecule has 5 rings (SSSR count). The highest BCUT2D eigenvalue weighted by molar-refractivity contribution is 6.01. The molecule has 1 amide bonds. The molecule has 196 valence electrons. The zero-order chi connectivity index (χ0) is 26.7. The Balaban J connectivity index is 0.000000241. The van der Waals surface area contributed by atoms with Crippen molar-refractivity contribution in [2.75, 3.05) is 13.1 Å².